The molecule has 3 nitrogen and oxygen atoms in total. The summed E-state index contributed by atoms with van der Waals surface area (Å²) in [6, 6.07) is 2.43. The molecule has 0 heterocycles. The molecule has 2 atom stereocenters. The number of ether oxygens (including phenoxy) is 1. The Morgan fingerprint density at radius 3 is 2.29 bits per heavy atom. The molecule has 0 saturated heterocycles. The van der Waals surface area contributed by atoms with E-state index in [1.165, 1.54) is 19.2 Å². The maximum atomic E-state index is 14.4. The normalized spacial score (nSPS) is 36.8. The number of halogens is 2. The summed E-state index contributed by atoms with van der Waals surface area (Å²) >= 11 is 0. The summed E-state index contributed by atoms with van der Waals surface area (Å²) in [6.07, 6.45) is 5.16. The predicted octanol–water partition coefficient (Wildman–Crippen LogP) is 4.19. The maximum Gasteiger partial charge on any atom is 0.309 e. The largest absolute Gasteiger partial charge is 0.497 e. The van der Waals surface area contributed by atoms with E-state index in [9.17, 15) is 18.7 Å². The first-order chi connectivity index (χ1) is 11.3. The van der Waals surface area contributed by atoms with Crippen molar-refractivity contribution in [3.05, 3.63) is 29.3 Å². The van der Waals surface area contributed by atoms with E-state index in [-0.39, 0.29) is 23.1 Å². The zero-order valence-electron chi connectivity index (χ0n) is 13.8. The summed E-state index contributed by atoms with van der Waals surface area (Å²) in [7, 11) is 1.38. The monoisotopic (exact) mass is 336 g/mol. The quantitative estimate of drug-likeness (QED) is 0.897. The van der Waals surface area contributed by atoms with Crippen molar-refractivity contribution in [2.45, 2.75) is 44.9 Å². The van der Waals surface area contributed by atoms with E-state index in [0.717, 1.165) is 32.1 Å². The fourth-order valence-electron chi connectivity index (χ4n) is 6.15. The number of methoxy groups -OCH3 is 1. The number of carboxylic acid groups (broad SMARTS) is 1. The van der Waals surface area contributed by atoms with Crippen LogP contribution >= 0.6 is 0 Å². The molecule has 130 valence electrons. The van der Waals surface area contributed by atoms with Crippen molar-refractivity contribution >= 4 is 5.97 Å². The highest BCUT2D eigenvalue weighted by Crippen LogP contribution is 2.66. The lowest BCUT2D eigenvalue weighted by molar-refractivity contribution is -0.174. The van der Waals surface area contributed by atoms with Crippen molar-refractivity contribution in [1.29, 1.82) is 0 Å². The molecule has 1 N–H and O–H groups in total. The molecule has 0 spiro atoms. The summed E-state index contributed by atoms with van der Waals surface area (Å²) in [5, 5.41) is 9.77. The number of carboxylic acids is 1. The van der Waals surface area contributed by atoms with E-state index in [1.807, 2.05) is 0 Å². The summed E-state index contributed by atoms with van der Waals surface area (Å²) in [5.74, 6) is -0.977. The number of carbonyl (C=O) groups is 1. The van der Waals surface area contributed by atoms with E-state index < -0.39 is 23.0 Å². The van der Waals surface area contributed by atoms with E-state index in [0.29, 0.717) is 18.3 Å². The lowest BCUT2D eigenvalue weighted by atomic mass is 9.43. The Kier molecular flexibility index (Phi) is 3.42. The van der Waals surface area contributed by atoms with Gasteiger partial charge in [-0.1, -0.05) is 0 Å². The van der Waals surface area contributed by atoms with Crippen molar-refractivity contribution < 1.29 is 23.4 Å². The van der Waals surface area contributed by atoms with Gasteiger partial charge in [0.05, 0.1) is 12.5 Å². The van der Waals surface area contributed by atoms with Gasteiger partial charge < -0.3 is 9.84 Å². The Hall–Kier alpha value is -1.65. The molecule has 0 aromatic heterocycles. The second-order valence-corrected chi connectivity index (χ2v) is 8.29. The highest BCUT2D eigenvalue weighted by molar-refractivity contribution is 5.75. The summed E-state index contributed by atoms with van der Waals surface area (Å²) in [6.45, 7) is 0. The topological polar surface area (TPSA) is 46.5 Å². The SMILES string of the molecule is COc1cc(F)c(CC23CC4CC(C2)CC(C(=O)O)(C4)C3)c(F)c1. The molecule has 0 aliphatic heterocycles. The van der Waals surface area contributed by atoms with E-state index >= 15 is 0 Å². The zero-order valence-corrected chi connectivity index (χ0v) is 13.8. The highest BCUT2D eigenvalue weighted by Gasteiger charge is 2.60. The molecule has 5 heteroatoms. The molecule has 4 aliphatic rings. The molecule has 1 aromatic rings. The van der Waals surface area contributed by atoms with E-state index in [4.69, 9.17) is 4.74 Å². The average molecular weight is 336 g/mol. The van der Waals surface area contributed by atoms with Crippen molar-refractivity contribution in [3.63, 3.8) is 0 Å². The second-order valence-electron chi connectivity index (χ2n) is 8.29. The predicted molar refractivity (Wildman–Crippen MR) is 83.8 cm³/mol. The Morgan fingerprint density at radius 2 is 1.79 bits per heavy atom. The van der Waals surface area contributed by atoms with Crippen molar-refractivity contribution in [2.75, 3.05) is 7.11 Å². The first kappa shape index (κ1) is 15.9. The van der Waals surface area contributed by atoms with Crippen LogP contribution in [0.15, 0.2) is 12.1 Å². The van der Waals surface area contributed by atoms with Gasteiger partial charge >= 0.3 is 5.97 Å². The van der Waals surface area contributed by atoms with E-state index in [1.54, 1.807) is 0 Å². The standard InChI is InChI=1S/C19H22F2O3/c1-24-13-3-15(20)14(16(21)4-13)9-18-5-11-2-12(6-18)8-19(7-11,10-18)17(22)23/h3-4,11-12H,2,5-10H2,1H3,(H,22,23). The van der Waals surface area contributed by atoms with Gasteiger partial charge in [-0.2, -0.15) is 0 Å². The number of hydrogen-bond acceptors (Lipinski definition) is 2. The molecule has 2 unspecified atom stereocenters. The van der Waals surface area contributed by atoms with Crippen LogP contribution in [-0.4, -0.2) is 18.2 Å². The Balaban J connectivity index is 1.69. The van der Waals surface area contributed by atoms with Gasteiger partial charge in [0.25, 0.3) is 0 Å². The minimum absolute atomic E-state index is 0.0817. The fraction of sp³-hybridized carbons (Fsp3) is 0.632. The van der Waals surface area contributed by atoms with Crippen LogP contribution < -0.4 is 4.74 Å². The average Bonchev–Trinajstić information content (AvgIpc) is 2.49. The van der Waals surface area contributed by atoms with Crippen LogP contribution in [0.4, 0.5) is 8.78 Å². The van der Waals surface area contributed by atoms with Crippen LogP contribution in [-0.2, 0) is 11.2 Å². The van der Waals surface area contributed by atoms with E-state index in [2.05, 4.69) is 0 Å². The molecule has 0 radical (unpaired) electrons. The minimum atomic E-state index is -0.725. The Bertz CT molecular complexity index is 663. The number of aliphatic carboxylic acids is 1. The van der Waals surface area contributed by atoms with Gasteiger partial charge in [-0.25, -0.2) is 8.78 Å². The van der Waals surface area contributed by atoms with Gasteiger partial charge in [0.15, 0.2) is 0 Å². The van der Waals surface area contributed by atoms with Gasteiger partial charge in [-0.15, -0.1) is 0 Å². The van der Waals surface area contributed by atoms with Gasteiger partial charge in [0.2, 0.25) is 0 Å². The molecule has 4 fully saturated rings. The molecule has 4 bridgehead atoms. The lowest BCUT2D eigenvalue weighted by Gasteiger charge is -2.60. The summed E-state index contributed by atoms with van der Waals surface area (Å²) in [4.78, 5) is 11.9. The highest BCUT2D eigenvalue weighted by atomic mass is 19.1. The van der Waals surface area contributed by atoms with Crippen LogP contribution in [0.25, 0.3) is 0 Å². The molecule has 24 heavy (non-hydrogen) atoms. The summed E-state index contributed by atoms with van der Waals surface area (Å²) in [5.41, 5.74) is -0.874. The number of rotatable bonds is 4. The zero-order chi connectivity index (χ0) is 17.1. The van der Waals surface area contributed by atoms with Crippen molar-refractivity contribution in [1.82, 2.24) is 0 Å². The number of benzene rings is 1. The van der Waals surface area contributed by atoms with Gasteiger partial charge in [-0.05, 0) is 62.2 Å². The van der Waals surface area contributed by atoms with Gasteiger partial charge in [0.1, 0.15) is 17.4 Å². The molecule has 5 rings (SSSR count). The third-order valence-electron chi connectivity index (χ3n) is 6.54. The smallest absolute Gasteiger partial charge is 0.309 e. The first-order valence-electron chi connectivity index (χ1n) is 8.60. The van der Waals surface area contributed by atoms with Gasteiger partial charge in [0, 0.05) is 17.7 Å². The van der Waals surface area contributed by atoms with Crippen molar-refractivity contribution in [2.24, 2.45) is 22.7 Å². The molecular formula is C19H22F2O3. The molecule has 0 amide bonds. The third-order valence-corrected chi connectivity index (χ3v) is 6.54. The lowest BCUT2D eigenvalue weighted by Crippen LogP contribution is -2.55. The number of hydrogen-bond donors (Lipinski definition) is 1. The van der Waals surface area contributed by atoms with Gasteiger partial charge in [-0.3, -0.25) is 4.79 Å². The summed E-state index contributed by atoms with van der Waals surface area (Å²) < 4.78 is 33.7. The Morgan fingerprint density at radius 1 is 1.21 bits per heavy atom. The van der Waals surface area contributed by atoms with Crippen LogP contribution in [0, 0.1) is 34.3 Å². The third kappa shape index (κ3) is 2.32. The molecule has 1 aromatic carbocycles. The van der Waals surface area contributed by atoms with Crippen LogP contribution in [0.3, 0.4) is 0 Å². The second kappa shape index (κ2) is 5.17. The van der Waals surface area contributed by atoms with Crippen LogP contribution in [0.2, 0.25) is 0 Å². The fourth-order valence-corrected chi connectivity index (χ4v) is 6.15. The van der Waals surface area contributed by atoms with Crippen molar-refractivity contribution in [3.8, 4) is 5.75 Å². The maximum absolute atomic E-state index is 14.4. The molecular weight excluding hydrogens is 314 g/mol. The molecule has 4 saturated carbocycles. The Labute approximate surface area is 140 Å². The minimum Gasteiger partial charge on any atom is -0.497 e. The van der Waals surface area contributed by atoms with Crippen LogP contribution in [0.5, 0.6) is 5.75 Å². The van der Waals surface area contributed by atoms with Crippen LogP contribution in [0.1, 0.15) is 44.1 Å². The first-order valence-corrected chi connectivity index (χ1v) is 8.60. The molecule has 4 aliphatic carbocycles.